The van der Waals surface area contributed by atoms with Crippen LogP contribution in [0.3, 0.4) is 0 Å². The van der Waals surface area contributed by atoms with Crippen molar-refractivity contribution in [3.63, 3.8) is 0 Å². The molecule has 0 bridgehead atoms. The summed E-state index contributed by atoms with van der Waals surface area (Å²) in [6.45, 7) is 9.65. The summed E-state index contributed by atoms with van der Waals surface area (Å²) in [4.78, 5) is 24.1. The zero-order valence-corrected chi connectivity index (χ0v) is 16.6. The Bertz CT molecular complexity index is 739. The van der Waals surface area contributed by atoms with Crippen molar-refractivity contribution in [1.29, 1.82) is 0 Å². The summed E-state index contributed by atoms with van der Waals surface area (Å²) in [7, 11) is 0. The Morgan fingerprint density at radius 1 is 1.22 bits per heavy atom. The van der Waals surface area contributed by atoms with Gasteiger partial charge in [-0.1, -0.05) is 38.1 Å². The highest BCUT2D eigenvalue weighted by atomic mass is 16.2. The van der Waals surface area contributed by atoms with Crippen molar-refractivity contribution in [2.45, 2.75) is 39.7 Å². The molecule has 144 valence electrons. The van der Waals surface area contributed by atoms with Gasteiger partial charge < -0.3 is 10.2 Å². The first-order valence-corrected chi connectivity index (χ1v) is 9.88. The maximum atomic E-state index is 13.0. The average molecular weight is 367 g/mol. The third kappa shape index (κ3) is 5.13. The number of nitrogens with one attached hydrogen (secondary N) is 1. The molecule has 2 heterocycles. The summed E-state index contributed by atoms with van der Waals surface area (Å²) >= 11 is 0. The third-order valence-corrected chi connectivity index (χ3v) is 5.25. The Labute approximate surface area is 162 Å². The summed E-state index contributed by atoms with van der Waals surface area (Å²) < 4.78 is 0. The van der Waals surface area contributed by atoms with Crippen LogP contribution in [0.15, 0.2) is 42.9 Å². The number of carbonyl (C=O) groups is 1. The van der Waals surface area contributed by atoms with E-state index >= 15 is 0 Å². The number of carbonyl (C=O) groups excluding carboxylic acids is 1. The van der Waals surface area contributed by atoms with Crippen molar-refractivity contribution < 1.29 is 4.79 Å². The van der Waals surface area contributed by atoms with Crippen molar-refractivity contribution >= 4 is 5.91 Å². The lowest BCUT2D eigenvalue weighted by molar-refractivity contribution is -0.127. The summed E-state index contributed by atoms with van der Waals surface area (Å²) in [6, 6.07) is 7.87. The second-order valence-electron chi connectivity index (χ2n) is 7.90. The quantitative estimate of drug-likeness (QED) is 0.852. The summed E-state index contributed by atoms with van der Waals surface area (Å²) in [5.41, 5.74) is 2.99. The van der Waals surface area contributed by atoms with E-state index in [1.54, 1.807) is 18.6 Å². The maximum absolute atomic E-state index is 13.0. The molecule has 2 aromatic rings. The van der Waals surface area contributed by atoms with Crippen LogP contribution in [0, 0.1) is 18.8 Å². The zero-order valence-electron chi connectivity index (χ0n) is 16.6. The minimum atomic E-state index is -0.263. The molecule has 27 heavy (non-hydrogen) atoms. The van der Waals surface area contributed by atoms with E-state index in [9.17, 15) is 4.79 Å². The third-order valence-electron chi connectivity index (χ3n) is 5.25. The fourth-order valence-corrected chi connectivity index (χ4v) is 3.84. The van der Waals surface area contributed by atoms with Gasteiger partial charge >= 0.3 is 0 Å². The van der Waals surface area contributed by atoms with Gasteiger partial charge in [-0.15, -0.1) is 0 Å². The molecule has 3 rings (SSSR count). The predicted octanol–water partition coefficient (Wildman–Crippen LogP) is 3.36. The first-order chi connectivity index (χ1) is 13.0. The van der Waals surface area contributed by atoms with Crippen molar-refractivity contribution in [3.05, 3.63) is 59.7 Å². The molecular weight excluding hydrogens is 336 g/mol. The van der Waals surface area contributed by atoms with Gasteiger partial charge in [0, 0.05) is 24.9 Å². The number of hydrogen-bond acceptors (Lipinski definition) is 4. The van der Waals surface area contributed by atoms with Gasteiger partial charge in [-0.25, -0.2) is 0 Å². The summed E-state index contributed by atoms with van der Waals surface area (Å²) in [6.07, 6.45) is 6.91. The Kier molecular flexibility index (Phi) is 6.56. The lowest BCUT2D eigenvalue weighted by Gasteiger charge is -2.33. The number of amides is 1. The van der Waals surface area contributed by atoms with Gasteiger partial charge in [-0.3, -0.25) is 14.8 Å². The van der Waals surface area contributed by atoms with Crippen molar-refractivity contribution in [3.8, 4) is 0 Å². The van der Waals surface area contributed by atoms with Crippen LogP contribution in [0.4, 0.5) is 0 Å². The molecule has 1 N–H and O–H groups in total. The van der Waals surface area contributed by atoms with Crippen LogP contribution < -0.4 is 5.32 Å². The molecule has 1 aromatic heterocycles. The van der Waals surface area contributed by atoms with E-state index in [4.69, 9.17) is 0 Å². The van der Waals surface area contributed by atoms with Crippen LogP contribution in [-0.2, 0) is 4.79 Å². The van der Waals surface area contributed by atoms with Crippen LogP contribution in [-0.4, -0.2) is 40.4 Å². The van der Waals surface area contributed by atoms with Gasteiger partial charge in [-0.05, 0) is 49.9 Å². The van der Waals surface area contributed by atoms with Crippen LogP contribution in [0.2, 0.25) is 0 Å². The molecule has 0 saturated carbocycles. The molecule has 1 atom stereocenters. The van der Waals surface area contributed by atoms with E-state index < -0.39 is 0 Å². The van der Waals surface area contributed by atoms with Gasteiger partial charge in [-0.2, -0.15) is 0 Å². The van der Waals surface area contributed by atoms with Crippen LogP contribution in [0.25, 0.3) is 0 Å². The molecule has 5 heteroatoms. The van der Waals surface area contributed by atoms with Gasteiger partial charge in [0.2, 0.25) is 5.91 Å². The average Bonchev–Trinajstić information content (AvgIpc) is 2.67. The fraction of sp³-hybridized carbons (Fsp3) is 0.500. The van der Waals surface area contributed by atoms with Gasteiger partial charge in [0.05, 0.1) is 17.9 Å². The second kappa shape index (κ2) is 9.09. The molecule has 1 aliphatic heterocycles. The molecule has 1 aromatic carbocycles. The Morgan fingerprint density at radius 3 is 2.59 bits per heavy atom. The molecule has 0 spiro atoms. The lowest BCUT2D eigenvalue weighted by atomic mass is 9.93. The van der Waals surface area contributed by atoms with E-state index in [1.807, 2.05) is 12.1 Å². The SMILES string of the molecule is Cc1ccccc1C(NC(=O)C1CCN(CC(C)C)CC1)c1cnccn1. The number of aryl methyl sites for hydroxylation is 1. The first-order valence-electron chi connectivity index (χ1n) is 9.88. The highest BCUT2D eigenvalue weighted by Gasteiger charge is 2.28. The van der Waals surface area contributed by atoms with Gasteiger partial charge in [0.1, 0.15) is 0 Å². The van der Waals surface area contributed by atoms with Crippen LogP contribution >= 0.6 is 0 Å². The summed E-state index contributed by atoms with van der Waals surface area (Å²) in [5, 5.41) is 3.26. The van der Waals surface area contributed by atoms with E-state index in [0.717, 1.165) is 49.3 Å². The van der Waals surface area contributed by atoms with Gasteiger partial charge in [0.15, 0.2) is 0 Å². The molecule has 5 nitrogen and oxygen atoms in total. The van der Waals surface area contributed by atoms with E-state index in [0.29, 0.717) is 5.92 Å². The molecular formula is C22H30N4O. The van der Waals surface area contributed by atoms with Crippen LogP contribution in [0.1, 0.15) is 49.6 Å². The van der Waals surface area contributed by atoms with E-state index in [1.165, 1.54) is 0 Å². The van der Waals surface area contributed by atoms with E-state index in [2.05, 4.69) is 53.1 Å². The minimum absolute atomic E-state index is 0.0663. The highest BCUT2D eigenvalue weighted by molar-refractivity contribution is 5.79. The highest BCUT2D eigenvalue weighted by Crippen LogP contribution is 2.25. The standard InChI is InChI=1S/C22H30N4O/c1-16(2)15-26-12-8-18(9-13-26)22(27)25-21(20-14-23-10-11-24-20)19-7-5-4-6-17(19)3/h4-7,10-11,14,16,18,21H,8-9,12-13,15H2,1-3H3,(H,25,27). The monoisotopic (exact) mass is 366 g/mol. The van der Waals surface area contributed by atoms with Gasteiger partial charge in [0.25, 0.3) is 0 Å². The normalized spacial score (nSPS) is 17.0. The minimum Gasteiger partial charge on any atom is -0.343 e. The number of aromatic nitrogens is 2. The van der Waals surface area contributed by atoms with Crippen molar-refractivity contribution in [2.24, 2.45) is 11.8 Å². The molecule has 0 aliphatic carbocycles. The zero-order chi connectivity index (χ0) is 19.2. The number of rotatable bonds is 6. The molecule has 1 saturated heterocycles. The number of hydrogen-bond donors (Lipinski definition) is 1. The van der Waals surface area contributed by atoms with Crippen molar-refractivity contribution in [1.82, 2.24) is 20.2 Å². The maximum Gasteiger partial charge on any atom is 0.224 e. The second-order valence-corrected chi connectivity index (χ2v) is 7.90. The number of likely N-dealkylation sites (tertiary alicyclic amines) is 1. The lowest BCUT2D eigenvalue weighted by Crippen LogP contribution is -2.42. The van der Waals surface area contributed by atoms with Crippen LogP contribution in [0.5, 0.6) is 0 Å². The predicted molar refractivity (Wildman–Crippen MR) is 107 cm³/mol. The first kappa shape index (κ1) is 19.5. The fourth-order valence-electron chi connectivity index (χ4n) is 3.84. The van der Waals surface area contributed by atoms with E-state index in [-0.39, 0.29) is 17.9 Å². The number of nitrogens with zero attached hydrogens (tertiary/aromatic N) is 3. The Morgan fingerprint density at radius 2 is 1.96 bits per heavy atom. The molecule has 0 radical (unpaired) electrons. The topological polar surface area (TPSA) is 58.1 Å². The Hall–Kier alpha value is -2.27. The number of piperidine rings is 1. The molecule has 1 unspecified atom stereocenters. The van der Waals surface area contributed by atoms with Crippen molar-refractivity contribution in [2.75, 3.05) is 19.6 Å². The largest absolute Gasteiger partial charge is 0.343 e. The Balaban J connectivity index is 1.72. The molecule has 1 aliphatic rings. The molecule has 1 fully saturated rings. The number of benzene rings is 1. The summed E-state index contributed by atoms with van der Waals surface area (Å²) in [5.74, 6) is 0.854. The molecule has 1 amide bonds. The smallest absolute Gasteiger partial charge is 0.224 e.